The molecule has 0 spiro atoms. The summed E-state index contributed by atoms with van der Waals surface area (Å²) in [6.45, 7) is 0. The molecule has 0 radical (unpaired) electrons. The Bertz CT molecular complexity index is 321. The van der Waals surface area contributed by atoms with Gasteiger partial charge in [-0.3, -0.25) is 4.79 Å². The molecule has 0 N–H and O–H groups in total. The highest BCUT2D eigenvalue weighted by atomic mass is 16.1. The molecule has 1 aliphatic carbocycles. The SMILES string of the molecule is O=CC1=CC=C2N=CN=C2C1. The lowest BCUT2D eigenvalue weighted by atomic mass is 10.0. The molecule has 11 heavy (non-hydrogen) atoms. The molecule has 1 heterocycles. The molecule has 0 aromatic heterocycles. The van der Waals surface area contributed by atoms with Gasteiger partial charge in [-0.2, -0.15) is 0 Å². The third-order valence-corrected chi connectivity index (χ3v) is 1.68. The Hall–Kier alpha value is -1.51. The van der Waals surface area contributed by atoms with Gasteiger partial charge in [-0.1, -0.05) is 6.08 Å². The van der Waals surface area contributed by atoms with Gasteiger partial charge in [-0.25, -0.2) is 9.98 Å². The van der Waals surface area contributed by atoms with Gasteiger partial charge in [-0.05, 0) is 11.6 Å². The zero-order valence-electron chi connectivity index (χ0n) is 5.82. The summed E-state index contributed by atoms with van der Waals surface area (Å²) in [6.07, 6.45) is 6.59. The molecule has 0 amide bonds. The molecule has 2 rings (SSSR count). The van der Waals surface area contributed by atoms with Gasteiger partial charge in [0.1, 0.15) is 12.6 Å². The first-order valence-corrected chi connectivity index (χ1v) is 3.36. The number of nitrogens with zero attached hydrogens (tertiary/aromatic N) is 2. The van der Waals surface area contributed by atoms with Crippen LogP contribution in [0.25, 0.3) is 0 Å². The van der Waals surface area contributed by atoms with Crippen LogP contribution in [0.1, 0.15) is 6.42 Å². The van der Waals surface area contributed by atoms with Crippen LogP contribution in [0, 0.1) is 0 Å². The molecule has 54 valence electrons. The smallest absolute Gasteiger partial charge is 0.146 e. The zero-order valence-corrected chi connectivity index (χ0v) is 5.82. The fourth-order valence-corrected chi connectivity index (χ4v) is 1.10. The molecule has 3 heteroatoms. The van der Waals surface area contributed by atoms with E-state index in [4.69, 9.17) is 0 Å². The van der Waals surface area contributed by atoms with Crippen molar-refractivity contribution in [2.75, 3.05) is 0 Å². The number of fused-ring (bicyclic) bond motifs is 1. The summed E-state index contributed by atoms with van der Waals surface area (Å²) in [5.74, 6) is 0. The van der Waals surface area contributed by atoms with E-state index in [1.165, 1.54) is 6.34 Å². The molecule has 0 saturated carbocycles. The number of allylic oxidation sites excluding steroid dienone is 4. The highest BCUT2D eigenvalue weighted by Gasteiger charge is 2.14. The van der Waals surface area contributed by atoms with Crippen molar-refractivity contribution in [2.45, 2.75) is 6.42 Å². The van der Waals surface area contributed by atoms with Crippen LogP contribution in [-0.2, 0) is 4.79 Å². The van der Waals surface area contributed by atoms with Crippen molar-refractivity contribution in [3.8, 4) is 0 Å². The van der Waals surface area contributed by atoms with Crippen LogP contribution in [0.3, 0.4) is 0 Å². The average Bonchev–Trinajstić information content (AvgIpc) is 2.50. The van der Waals surface area contributed by atoms with Crippen LogP contribution in [0.15, 0.2) is 33.4 Å². The molecule has 0 fully saturated rings. The van der Waals surface area contributed by atoms with Gasteiger partial charge < -0.3 is 0 Å². The zero-order chi connectivity index (χ0) is 7.68. The van der Waals surface area contributed by atoms with Crippen LogP contribution >= 0.6 is 0 Å². The quantitative estimate of drug-likeness (QED) is 0.506. The number of carbonyl (C=O) groups excluding carboxylic acids is 1. The molecular weight excluding hydrogens is 140 g/mol. The van der Waals surface area contributed by atoms with E-state index in [9.17, 15) is 4.79 Å². The van der Waals surface area contributed by atoms with Crippen LogP contribution in [0.2, 0.25) is 0 Å². The topological polar surface area (TPSA) is 41.8 Å². The first-order valence-electron chi connectivity index (χ1n) is 3.36. The number of rotatable bonds is 1. The minimum Gasteiger partial charge on any atom is -0.298 e. The summed E-state index contributed by atoms with van der Waals surface area (Å²) in [5.41, 5.74) is 2.54. The monoisotopic (exact) mass is 146 g/mol. The predicted molar refractivity (Wildman–Crippen MR) is 42.8 cm³/mol. The predicted octanol–water partition coefficient (Wildman–Crippen LogP) is 0.882. The Morgan fingerprint density at radius 2 is 2.36 bits per heavy atom. The molecule has 0 atom stereocenters. The number of hydrogen-bond acceptors (Lipinski definition) is 3. The van der Waals surface area contributed by atoms with Crippen molar-refractivity contribution in [2.24, 2.45) is 9.98 Å². The summed E-state index contributed by atoms with van der Waals surface area (Å²) >= 11 is 0. The lowest BCUT2D eigenvalue weighted by Crippen LogP contribution is -2.04. The highest BCUT2D eigenvalue weighted by molar-refractivity contribution is 6.11. The van der Waals surface area contributed by atoms with E-state index in [2.05, 4.69) is 9.98 Å². The van der Waals surface area contributed by atoms with E-state index in [1.54, 1.807) is 6.08 Å². The van der Waals surface area contributed by atoms with Crippen molar-refractivity contribution in [1.29, 1.82) is 0 Å². The number of carbonyl (C=O) groups is 1. The highest BCUT2D eigenvalue weighted by Crippen LogP contribution is 2.18. The Labute approximate surface area is 63.9 Å². The second-order valence-corrected chi connectivity index (χ2v) is 2.41. The van der Waals surface area contributed by atoms with E-state index in [0.29, 0.717) is 6.42 Å². The van der Waals surface area contributed by atoms with E-state index in [0.717, 1.165) is 23.3 Å². The third-order valence-electron chi connectivity index (χ3n) is 1.68. The fourth-order valence-electron chi connectivity index (χ4n) is 1.10. The molecule has 1 aliphatic heterocycles. The number of aldehydes is 1. The van der Waals surface area contributed by atoms with Gasteiger partial charge in [0.05, 0.1) is 11.4 Å². The summed E-state index contributed by atoms with van der Waals surface area (Å²) in [4.78, 5) is 18.4. The van der Waals surface area contributed by atoms with E-state index in [-0.39, 0.29) is 0 Å². The van der Waals surface area contributed by atoms with E-state index in [1.807, 2.05) is 6.08 Å². The van der Waals surface area contributed by atoms with Gasteiger partial charge >= 0.3 is 0 Å². The lowest BCUT2D eigenvalue weighted by Gasteiger charge is -2.05. The molecular formula is C8H6N2O. The Kier molecular flexibility index (Phi) is 1.28. The van der Waals surface area contributed by atoms with E-state index >= 15 is 0 Å². The van der Waals surface area contributed by atoms with Gasteiger partial charge in [-0.15, -0.1) is 0 Å². The van der Waals surface area contributed by atoms with Crippen molar-refractivity contribution in [3.63, 3.8) is 0 Å². The minimum atomic E-state index is 0.620. The molecule has 0 unspecified atom stereocenters. The third kappa shape index (κ3) is 0.941. The van der Waals surface area contributed by atoms with Crippen LogP contribution in [0.4, 0.5) is 0 Å². The summed E-state index contributed by atoms with van der Waals surface area (Å²) < 4.78 is 0. The molecule has 0 aromatic carbocycles. The normalized spacial score (nSPS) is 20.2. The van der Waals surface area contributed by atoms with Gasteiger partial charge in [0.25, 0.3) is 0 Å². The average molecular weight is 146 g/mol. The maximum absolute atomic E-state index is 10.4. The number of aliphatic imine (C=N–C) groups is 2. The van der Waals surface area contributed by atoms with E-state index < -0.39 is 0 Å². The van der Waals surface area contributed by atoms with Gasteiger partial charge in [0, 0.05) is 6.42 Å². The fraction of sp³-hybridized carbons (Fsp3) is 0.125. The standard InChI is InChI=1S/C8H6N2O/c11-4-6-1-2-7-8(3-6)10-5-9-7/h1-2,4-5H,3H2. The summed E-state index contributed by atoms with van der Waals surface area (Å²) in [7, 11) is 0. The number of hydrogen-bond donors (Lipinski definition) is 0. The molecule has 0 saturated heterocycles. The molecule has 0 bridgehead atoms. The minimum absolute atomic E-state index is 0.620. The second-order valence-electron chi connectivity index (χ2n) is 2.41. The largest absolute Gasteiger partial charge is 0.298 e. The molecule has 2 aliphatic rings. The van der Waals surface area contributed by atoms with Crippen LogP contribution in [0.5, 0.6) is 0 Å². The Morgan fingerprint density at radius 3 is 3.18 bits per heavy atom. The van der Waals surface area contributed by atoms with Crippen molar-refractivity contribution < 1.29 is 4.79 Å². The van der Waals surface area contributed by atoms with Crippen LogP contribution < -0.4 is 0 Å². The summed E-state index contributed by atoms with van der Waals surface area (Å²) in [5, 5.41) is 0. The van der Waals surface area contributed by atoms with Crippen molar-refractivity contribution in [1.82, 2.24) is 0 Å². The lowest BCUT2D eigenvalue weighted by molar-refractivity contribution is -0.104. The first-order chi connectivity index (χ1) is 5.40. The van der Waals surface area contributed by atoms with Gasteiger partial charge in [0.15, 0.2) is 0 Å². The maximum atomic E-state index is 10.4. The van der Waals surface area contributed by atoms with Gasteiger partial charge in [0.2, 0.25) is 0 Å². The second kappa shape index (κ2) is 2.27. The molecule has 3 nitrogen and oxygen atoms in total. The Morgan fingerprint density at radius 1 is 1.45 bits per heavy atom. The Balaban J connectivity index is 2.37. The summed E-state index contributed by atoms with van der Waals surface area (Å²) in [6, 6.07) is 0. The van der Waals surface area contributed by atoms with Crippen LogP contribution in [-0.4, -0.2) is 18.3 Å². The first kappa shape index (κ1) is 6.22. The molecule has 0 aromatic rings. The maximum Gasteiger partial charge on any atom is 0.146 e. The van der Waals surface area contributed by atoms with Crippen molar-refractivity contribution >= 4 is 18.3 Å². The van der Waals surface area contributed by atoms with Crippen molar-refractivity contribution in [3.05, 3.63) is 23.4 Å².